The molecule has 0 saturated carbocycles. The number of carbonyl (C=O) groups is 2. The zero-order valence-electron chi connectivity index (χ0n) is 23.4. The first kappa shape index (κ1) is 28.2. The number of ether oxygens (including phenoxy) is 3. The predicted molar refractivity (Wildman–Crippen MR) is 155 cm³/mol. The molecule has 3 aromatic carbocycles. The van der Waals surface area contributed by atoms with Gasteiger partial charge in [-0.15, -0.1) is 0 Å². The van der Waals surface area contributed by atoms with Crippen LogP contribution in [0.15, 0.2) is 36.4 Å². The SMILES string of the molecule is O=C1c2c(c3c4ccc(O)cc4n([C@@H]4O[C@H](CO)[C@@H](O)[C@H](O)[C@H]4O)c3c3[nH]c4cc(O)ccc4c23)C(=O)N1NC1COCOC1. The van der Waals surface area contributed by atoms with E-state index in [2.05, 4.69) is 10.4 Å². The summed E-state index contributed by atoms with van der Waals surface area (Å²) in [4.78, 5) is 31.7. The number of carbonyl (C=O) groups excluding carboxylic acids is 2. The first-order valence-electron chi connectivity index (χ1n) is 14.3. The zero-order chi connectivity index (χ0) is 31.3. The number of amides is 2. The van der Waals surface area contributed by atoms with E-state index in [4.69, 9.17) is 14.2 Å². The molecule has 3 aliphatic rings. The lowest BCUT2D eigenvalue weighted by atomic mass is 9.96. The second-order valence-electron chi connectivity index (χ2n) is 11.5. The zero-order valence-corrected chi connectivity index (χ0v) is 23.4. The quantitative estimate of drug-likeness (QED) is 0.127. The molecule has 45 heavy (non-hydrogen) atoms. The van der Waals surface area contributed by atoms with Crippen LogP contribution in [0.5, 0.6) is 11.5 Å². The molecule has 15 heteroatoms. The van der Waals surface area contributed by atoms with E-state index < -0.39 is 55.1 Å². The molecule has 5 atom stereocenters. The Balaban J connectivity index is 1.49. The third-order valence-electron chi connectivity index (χ3n) is 8.83. The van der Waals surface area contributed by atoms with Gasteiger partial charge in [0.15, 0.2) is 6.23 Å². The molecule has 2 aromatic heterocycles. The molecule has 5 aromatic rings. The average molecular weight is 621 g/mol. The first-order valence-corrected chi connectivity index (χ1v) is 14.3. The molecule has 3 aliphatic heterocycles. The minimum absolute atomic E-state index is 0.0423. The molecule has 15 nitrogen and oxygen atoms in total. The molecule has 2 saturated heterocycles. The number of fused-ring (bicyclic) bond motifs is 10. The van der Waals surface area contributed by atoms with Gasteiger partial charge >= 0.3 is 0 Å². The third kappa shape index (κ3) is 3.93. The maximum atomic E-state index is 14.3. The fourth-order valence-corrected chi connectivity index (χ4v) is 6.84. The highest BCUT2D eigenvalue weighted by Crippen LogP contribution is 2.47. The fourth-order valence-electron chi connectivity index (χ4n) is 6.84. The van der Waals surface area contributed by atoms with Crippen molar-refractivity contribution >= 4 is 55.4 Å². The van der Waals surface area contributed by atoms with Crippen molar-refractivity contribution in [2.75, 3.05) is 26.6 Å². The number of aliphatic hydroxyl groups is 4. The van der Waals surface area contributed by atoms with Crippen LogP contribution in [0.4, 0.5) is 0 Å². The molecule has 8 N–H and O–H groups in total. The molecule has 0 spiro atoms. The van der Waals surface area contributed by atoms with Crippen molar-refractivity contribution in [2.45, 2.75) is 36.7 Å². The summed E-state index contributed by atoms with van der Waals surface area (Å²) in [6, 6.07) is 8.38. The Hall–Kier alpha value is -4.32. The minimum atomic E-state index is -1.72. The lowest BCUT2D eigenvalue weighted by Gasteiger charge is -2.41. The summed E-state index contributed by atoms with van der Waals surface area (Å²) in [7, 11) is 0. The summed E-state index contributed by atoms with van der Waals surface area (Å²) >= 11 is 0. The fraction of sp³-hybridized carbons (Fsp3) is 0.333. The van der Waals surface area contributed by atoms with E-state index in [0.29, 0.717) is 32.6 Å². The monoisotopic (exact) mass is 620 g/mol. The number of rotatable bonds is 4. The van der Waals surface area contributed by atoms with Crippen LogP contribution in [0.25, 0.3) is 43.6 Å². The van der Waals surface area contributed by atoms with Gasteiger partial charge in [-0.05, 0) is 24.3 Å². The van der Waals surface area contributed by atoms with Gasteiger partial charge in [-0.2, -0.15) is 0 Å². The maximum absolute atomic E-state index is 14.3. The van der Waals surface area contributed by atoms with Crippen LogP contribution in [0.1, 0.15) is 26.9 Å². The van der Waals surface area contributed by atoms with Gasteiger partial charge in [0.05, 0.1) is 59.1 Å². The molecule has 0 unspecified atom stereocenters. The standard InChI is InChI=1S/C30H28N4O11/c35-7-18-25(38)26(39)27(40)30(45-18)33-17-6-13(37)2-4-15(17)20-22-21(28(41)34(29(22)42)32-11-8-43-10-44-9-11)19-14-3-1-12(36)5-16(14)31-23(19)24(20)33/h1-6,11,18,25-27,30-32,35-40H,7-10H2/t18-,25-,26+,27-,30-/m1/s1. The highest BCUT2D eigenvalue weighted by Gasteiger charge is 2.47. The van der Waals surface area contributed by atoms with Gasteiger partial charge in [-0.1, -0.05) is 0 Å². The number of imide groups is 1. The largest absolute Gasteiger partial charge is 0.508 e. The second kappa shape index (κ2) is 10.1. The maximum Gasteiger partial charge on any atom is 0.276 e. The Labute approximate surface area is 252 Å². The number of hydrogen-bond donors (Lipinski definition) is 8. The highest BCUT2D eigenvalue weighted by atomic mass is 16.7. The van der Waals surface area contributed by atoms with Crippen LogP contribution < -0.4 is 5.43 Å². The van der Waals surface area contributed by atoms with E-state index in [0.717, 1.165) is 5.01 Å². The minimum Gasteiger partial charge on any atom is -0.508 e. The second-order valence-corrected chi connectivity index (χ2v) is 11.5. The number of phenols is 2. The van der Waals surface area contributed by atoms with Crippen molar-refractivity contribution in [2.24, 2.45) is 0 Å². The molecule has 0 bridgehead atoms. The van der Waals surface area contributed by atoms with Gasteiger partial charge in [-0.3, -0.25) is 9.59 Å². The van der Waals surface area contributed by atoms with E-state index in [1.807, 2.05) is 0 Å². The average Bonchev–Trinajstić information content (AvgIpc) is 3.64. The topological polar surface area (TPSA) is 219 Å². The number of aromatic amines is 1. The van der Waals surface area contributed by atoms with Crippen molar-refractivity contribution in [3.05, 3.63) is 47.5 Å². The van der Waals surface area contributed by atoms with Crippen LogP contribution in [0.2, 0.25) is 0 Å². The molecule has 2 amide bonds. The number of hydrazine groups is 1. The van der Waals surface area contributed by atoms with Gasteiger partial charge < -0.3 is 54.4 Å². The Kier molecular flexibility index (Phi) is 6.32. The van der Waals surface area contributed by atoms with Crippen LogP contribution in [-0.4, -0.2) is 114 Å². The van der Waals surface area contributed by atoms with Gasteiger partial charge in [0.1, 0.15) is 42.7 Å². The van der Waals surface area contributed by atoms with Gasteiger partial charge in [0.2, 0.25) is 0 Å². The van der Waals surface area contributed by atoms with Crippen molar-refractivity contribution in [1.29, 1.82) is 0 Å². The number of hydrogen-bond acceptors (Lipinski definition) is 12. The summed E-state index contributed by atoms with van der Waals surface area (Å²) < 4.78 is 18.1. The Morgan fingerprint density at radius 1 is 0.867 bits per heavy atom. The number of H-pyrrole nitrogens is 1. The van der Waals surface area contributed by atoms with Crippen LogP contribution >= 0.6 is 0 Å². The van der Waals surface area contributed by atoms with Crippen LogP contribution in [0, 0.1) is 0 Å². The van der Waals surface area contributed by atoms with E-state index in [1.54, 1.807) is 12.1 Å². The summed E-state index contributed by atoms with van der Waals surface area (Å²) in [5.74, 6) is -1.51. The number of nitrogens with one attached hydrogen (secondary N) is 2. The number of benzene rings is 3. The molecule has 2 fully saturated rings. The van der Waals surface area contributed by atoms with Crippen molar-refractivity contribution in [1.82, 2.24) is 20.0 Å². The lowest BCUT2D eigenvalue weighted by Crippen LogP contribution is -2.56. The lowest BCUT2D eigenvalue weighted by molar-refractivity contribution is -0.249. The van der Waals surface area contributed by atoms with Crippen LogP contribution in [-0.2, 0) is 14.2 Å². The van der Waals surface area contributed by atoms with Crippen molar-refractivity contribution < 1.29 is 54.4 Å². The molecule has 0 radical (unpaired) electrons. The van der Waals surface area contributed by atoms with Crippen molar-refractivity contribution in [3.63, 3.8) is 0 Å². The highest BCUT2D eigenvalue weighted by molar-refractivity contribution is 6.39. The molecule has 5 heterocycles. The van der Waals surface area contributed by atoms with E-state index >= 15 is 0 Å². The Morgan fingerprint density at radius 2 is 1.53 bits per heavy atom. The normalized spacial score (nSPS) is 26.2. The van der Waals surface area contributed by atoms with Gasteiger partial charge in [0.25, 0.3) is 11.8 Å². The van der Waals surface area contributed by atoms with Crippen LogP contribution in [0.3, 0.4) is 0 Å². The third-order valence-corrected chi connectivity index (χ3v) is 8.83. The first-order chi connectivity index (χ1) is 21.7. The van der Waals surface area contributed by atoms with E-state index in [-0.39, 0.29) is 53.7 Å². The summed E-state index contributed by atoms with van der Waals surface area (Å²) in [6.07, 6.45) is -7.76. The number of aromatic nitrogens is 2. The molecule has 0 aliphatic carbocycles. The summed E-state index contributed by atoms with van der Waals surface area (Å²) in [5.41, 5.74) is 4.39. The smallest absolute Gasteiger partial charge is 0.276 e. The number of aliphatic hydroxyl groups excluding tert-OH is 4. The summed E-state index contributed by atoms with van der Waals surface area (Å²) in [5, 5.41) is 65.7. The number of aromatic hydroxyl groups is 2. The predicted octanol–water partition coefficient (Wildman–Crippen LogP) is 0.286. The number of phenolic OH excluding ortho intramolecular Hbond substituents is 2. The molecular formula is C30H28N4O11. The summed E-state index contributed by atoms with van der Waals surface area (Å²) in [6.45, 7) is -0.197. The van der Waals surface area contributed by atoms with Gasteiger partial charge in [0, 0.05) is 33.7 Å². The van der Waals surface area contributed by atoms with Crippen molar-refractivity contribution in [3.8, 4) is 11.5 Å². The number of nitrogens with zero attached hydrogens (tertiary/aromatic N) is 2. The van der Waals surface area contributed by atoms with E-state index in [9.17, 15) is 40.2 Å². The Bertz CT molecular complexity index is 2050. The Morgan fingerprint density at radius 3 is 2.24 bits per heavy atom. The van der Waals surface area contributed by atoms with E-state index in [1.165, 1.54) is 28.8 Å². The molecule has 234 valence electrons. The molecular weight excluding hydrogens is 592 g/mol. The van der Waals surface area contributed by atoms with Gasteiger partial charge in [-0.25, -0.2) is 10.4 Å². The molecule has 8 rings (SSSR count).